The summed E-state index contributed by atoms with van der Waals surface area (Å²) in [5.41, 5.74) is 6.93. The Kier molecular flexibility index (Phi) is 5.68. The fourth-order valence-corrected chi connectivity index (χ4v) is 2.47. The molecular weight excluding hydrogens is 250 g/mol. The summed E-state index contributed by atoms with van der Waals surface area (Å²) in [7, 11) is 1.70. The number of benzene rings is 1. The zero-order valence-electron chi connectivity index (χ0n) is 12.3. The highest BCUT2D eigenvalue weighted by Gasteiger charge is 2.16. The average molecular weight is 275 g/mol. The van der Waals surface area contributed by atoms with Gasteiger partial charge in [0.1, 0.15) is 0 Å². The normalized spacial score (nSPS) is 17.2. The summed E-state index contributed by atoms with van der Waals surface area (Å²) in [5.74, 6) is 0.527. The Balaban J connectivity index is 1.65. The SMILES string of the molecule is CN=C(N)NCCCN1CCN(c2ccccc2)CC1. The molecule has 1 aliphatic heterocycles. The predicted octanol–water partition coefficient (Wildman–Crippen LogP) is 0.733. The van der Waals surface area contributed by atoms with E-state index in [2.05, 4.69) is 50.4 Å². The van der Waals surface area contributed by atoms with Crippen LogP contribution in [-0.4, -0.2) is 57.2 Å². The van der Waals surface area contributed by atoms with E-state index in [4.69, 9.17) is 5.73 Å². The van der Waals surface area contributed by atoms with E-state index in [0.29, 0.717) is 5.96 Å². The number of guanidine groups is 1. The van der Waals surface area contributed by atoms with Gasteiger partial charge in [0.05, 0.1) is 0 Å². The number of hydrogen-bond acceptors (Lipinski definition) is 3. The van der Waals surface area contributed by atoms with Crippen molar-refractivity contribution in [2.24, 2.45) is 10.7 Å². The van der Waals surface area contributed by atoms with Crippen molar-refractivity contribution in [3.05, 3.63) is 30.3 Å². The molecule has 0 aliphatic carbocycles. The number of hydrogen-bond donors (Lipinski definition) is 2. The molecule has 1 heterocycles. The fourth-order valence-electron chi connectivity index (χ4n) is 2.47. The summed E-state index contributed by atoms with van der Waals surface area (Å²) in [5, 5.41) is 3.10. The summed E-state index contributed by atoms with van der Waals surface area (Å²) >= 11 is 0. The molecule has 1 aliphatic rings. The second-order valence-electron chi connectivity index (χ2n) is 5.05. The van der Waals surface area contributed by atoms with E-state index in [9.17, 15) is 0 Å². The van der Waals surface area contributed by atoms with Crippen molar-refractivity contribution in [2.75, 3.05) is 51.2 Å². The molecule has 0 saturated carbocycles. The van der Waals surface area contributed by atoms with Crippen molar-refractivity contribution >= 4 is 11.6 Å². The van der Waals surface area contributed by atoms with E-state index >= 15 is 0 Å². The van der Waals surface area contributed by atoms with Gasteiger partial charge in [0.15, 0.2) is 5.96 Å². The monoisotopic (exact) mass is 275 g/mol. The van der Waals surface area contributed by atoms with Crippen molar-refractivity contribution in [1.29, 1.82) is 0 Å². The zero-order chi connectivity index (χ0) is 14.2. The van der Waals surface area contributed by atoms with Crippen LogP contribution in [0.25, 0.3) is 0 Å². The lowest BCUT2D eigenvalue weighted by Gasteiger charge is -2.36. The number of nitrogens with two attached hydrogens (primary N) is 1. The third kappa shape index (κ3) is 4.42. The van der Waals surface area contributed by atoms with Crippen LogP contribution in [0, 0.1) is 0 Å². The van der Waals surface area contributed by atoms with Crippen LogP contribution in [0.15, 0.2) is 35.3 Å². The third-order valence-corrected chi connectivity index (χ3v) is 3.69. The van der Waals surface area contributed by atoms with E-state index in [1.807, 2.05) is 0 Å². The number of anilines is 1. The molecule has 5 nitrogen and oxygen atoms in total. The highest BCUT2D eigenvalue weighted by molar-refractivity contribution is 5.77. The molecule has 1 aromatic rings. The number of piperazine rings is 1. The molecule has 0 radical (unpaired) electrons. The Morgan fingerprint density at radius 1 is 1.20 bits per heavy atom. The maximum Gasteiger partial charge on any atom is 0.188 e. The summed E-state index contributed by atoms with van der Waals surface area (Å²) in [6.07, 6.45) is 1.10. The lowest BCUT2D eigenvalue weighted by molar-refractivity contribution is 0.255. The first-order chi connectivity index (χ1) is 9.79. The van der Waals surface area contributed by atoms with Gasteiger partial charge >= 0.3 is 0 Å². The topological polar surface area (TPSA) is 56.9 Å². The molecule has 2 rings (SSSR count). The van der Waals surface area contributed by atoms with Gasteiger partial charge in [0.25, 0.3) is 0 Å². The Morgan fingerprint density at radius 2 is 1.90 bits per heavy atom. The highest BCUT2D eigenvalue weighted by Crippen LogP contribution is 2.15. The molecule has 1 fully saturated rings. The Bertz CT molecular complexity index is 410. The number of rotatable bonds is 5. The zero-order valence-corrected chi connectivity index (χ0v) is 12.3. The highest BCUT2D eigenvalue weighted by atomic mass is 15.3. The minimum atomic E-state index is 0.527. The molecule has 1 saturated heterocycles. The minimum Gasteiger partial charge on any atom is -0.370 e. The second kappa shape index (κ2) is 7.75. The van der Waals surface area contributed by atoms with Gasteiger partial charge in [-0.05, 0) is 25.1 Å². The van der Waals surface area contributed by atoms with Crippen LogP contribution in [-0.2, 0) is 0 Å². The molecule has 1 aromatic carbocycles. The van der Waals surface area contributed by atoms with Crippen molar-refractivity contribution in [3.63, 3.8) is 0 Å². The maximum atomic E-state index is 5.59. The van der Waals surface area contributed by atoms with E-state index in [1.165, 1.54) is 5.69 Å². The fraction of sp³-hybridized carbons (Fsp3) is 0.533. The molecule has 0 amide bonds. The molecule has 20 heavy (non-hydrogen) atoms. The number of aliphatic imine (C=N–C) groups is 1. The van der Waals surface area contributed by atoms with Gasteiger partial charge in [-0.1, -0.05) is 18.2 Å². The molecule has 0 atom stereocenters. The number of nitrogens with one attached hydrogen (secondary N) is 1. The second-order valence-corrected chi connectivity index (χ2v) is 5.05. The molecule has 0 bridgehead atoms. The van der Waals surface area contributed by atoms with Crippen molar-refractivity contribution in [1.82, 2.24) is 10.2 Å². The first-order valence-electron chi connectivity index (χ1n) is 7.28. The van der Waals surface area contributed by atoms with Gasteiger partial charge in [0, 0.05) is 45.5 Å². The van der Waals surface area contributed by atoms with E-state index in [0.717, 1.165) is 45.7 Å². The standard InChI is InChI=1S/C15H25N5/c1-17-15(16)18-8-5-9-19-10-12-20(13-11-19)14-6-3-2-4-7-14/h2-4,6-7H,5,8-13H2,1H3,(H3,16,17,18). The first-order valence-corrected chi connectivity index (χ1v) is 7.28. The molecule has 0 unspecified atom stereocenters. The van der Waals surface area contributed by atoms with Gasteiger partial charge in [0.2, 0.25) is 0 Å². The molecule has 0 aromatic heterocycles. The lowest BCUT2D eigenvalue weighted by atomic mass is 10.2. The van der Waals surface area contributed by atoms with E-state index in [1.54, 1.807) is 7.05 Å². The Morgan fingerprint density at radius 3 is 2.55 bits per heavy atom. The van der Waals surface area contributed by atoms with Crippen molar-refractivity contribution < 1.29 is 0 Å². The van der Waals surface area contributed by atoms with Gasteiger partial charge in [-0.25, -0.2) is 0 Å². The van der Waals surface area contributed by atoms with E-state index < -0.39 is 0 Å². The molecular formula is C15H25N5. The van der Waals surface area contributed by atoms with Crippen LogP contribution >= 0.6 is 0 Å². The van der Waals surface area contributed by atoms with Crippen LogP contribution in [0.4, 0.5) is 5.69 Å². The molecule has 110 valence electrons. The van der Waals surface area contributed by atoms with Gasteiger partial charge in [-0.2, -0.15) is 0 Å². The van der Waals surface area contributed by atoms with Crippen LogP contribution < -0.4 is 16.0 Å². The summed E-state index contributed by atoms with van der Waals surface area (Å²) in [4.78, 5) is 8.85. The lowest BCUT2D eigenvalue weighted by Crippen LogP contribution is -2.47. The third-order valence-electron chi connectivity index (χ3n) is 3.69. The van der Waals surface area contributed by atoms with Crippen molar-refractivity contribution in [3.8, 4) is 0 Å². The van der Waals surface area contributed by atoms with Crippen LogP contribution in [0.2, 0.25) is 0 Å². The number of nitrogens with zero attached hydrogens (tertiary/aromatic N) is 3. The Hall–Kier alpha value is -1.75. The first kappa shape index (κ1) is 14.7. The van der Waals surface area contributed by atoms with Gasteiger partial charge < -0.3 is 16.0 Å². The largest absolute Gasteiger partial charge is 0.370 e. The maximum absolute atomic E-state index is 5.59. The van der Waals surface area contributed by atoms with Gasteiger partial charge in [-0.15, -0.1) is 0 Å². The average Bonchev–Trinajstić information content (AvgIpc) is 2.52. The molecule has 0 spiro atoms. The number of para-hydroxylation sites is 1. The van der Waals surface area contributed by atoms with Crippen LogP contribution in [0.3, 0.4) is 0 Å². The van der Waals surface area contributed by atoms with Crippen molar-refractivity contribution in [2.45, 2.75) is 6.42 Å². The quantitative estimate of drug-likeness (QED) is 0.473. The minimum absolute atomic E-state index is 0.527. The summed E-state index contributed by atoms with van der Waals surface area (Å²) < 4.78 is 0. The Labute approximate surface area is 121 Å². The smallest absolute Gasteiger partial charge is 0.188 e. The van der Waals surface area contributed by atoms with E-state index in [-0.39, 0.29) is 0 Å². The predicted molar refractivity (Wildman–Crippen MR) is 85.3 cm³/mol. The van der Waals surface area contributed by atoms with Gasteiger partial charge in [-0.3, -0.25) is 9.89 Å². The molecule has 3 N–H and O–H groups in total. The summed E-state index contributed by atoms with van der Waals surface area (Å²) in [6.45, 7) is 6.49. The van der Waals surface area contributed by atoms with Crippen LogP contribution in [0.5, 0.6) is 0 Å². The molecule has 5 heteroatoms. The summed E-state index contributed by atoms with van der Waals surface area (Å²) in [6, 6.07) is 10.6. The van der Waals surface area contributed by atoms with Crippen LogP contribution in [0.1, 0.15) is 6.42 Å².